The van der Waals surface area contributed by atoms with Crippen LogP contribution in [0.15, 0.2) is 30.5 Å². The lowest BCUT2D eigenvalue weighted by Gasteiger charge is -2.10. The van der Waals surface area contributed by atoms with Gasteiger partial charge in [-0.25, -0.2) is 4.98 Å². The van der Waals surface area contributed by atoms with Crippen LogP contribution in [0.25, 0.3) is 11.3 Å². The minimum absolute atomic E-state index is 0.299. The molecule has 0 radical (unpaired) electrons. The van der Waals surface area contributed by atoms with E-state index < -0.39 is 0 Å². The molecule has 1 unspecified atom stereocenters. The monoisotopic (exact) mass is 259 g/mol. The smallest absolute Gasteiger partial charge is 0.128 e. The van der Waals surface area contributed by atoms with Crippen LogP contribution in [-0.4, -0.2) is 23.6 Å². The van der Waals surface area contributed by atoms with Gasteiger partial charge in [-0.3, -0.25) is 0 Å². The van der Waals surface area contributed by atoms with Gasteiger partial charge in [-0.05, 0) is 18.6 Å². The summed E-state index contributed by atoms with van der Waals surface area (Å²) in [6, 6.07) is 7.92. The molecule has 0 saturated heterocycles. The van der Waals surface area contributed by atoms with Crippen molar-refractivity contribution in [3.8, 4) is 17.0 Å². The molecular weight excluding hydrogens is 238 g/mol. The van der Waals surface area contributed by atoms with Crippen molar-refractivity contribution >= 4 is 0 Å². The molecule has 0 aliphatic carbocycles. The zero-order valence-electron chi connectivity index (χ0n) is 11.5. The molecule has 3 N–H and O–H groups in total. The van der Waals surface area contributed by atoms with Crippen molar-refractivity contribution < 1.29 is 4.74 Å². The van der Waals surface area contributed by atoms with E-state index in [2.05, 4.69) is 16.9 Å². The lowest BCUT2D eigenvalue weighted by Crippen LogP contribution is -2.13. The topological polar surface area (TPSA) is 63.9 Å². The van der Waals surface area contributed by atoms with Crippen LogP contribution in [0.4, 0.5) is 0 Å². The fourth-order valence-electron chi connectivity index (χ4n) is 2.26. The zero-order chi connectivity index (χ0) is 13.7. The molecule has 0 bridgehead atoms. The number of rotatable bonds is 6. The molecule has 1 aromatic carbocycles. The maximum absolute atomic E-state index is 5.81. The summed E-state index contributed by atoms with van der Waals surface area (Å²) in [5.74, 6) is 2.11. The number of H-pyrrole nitrogens is 1. The van der Waals surface area contributed by atoms with E-state index >= 15 is 0 Å². The highest BCUT2D eigenvalue weighted by atomic mass is 16.5. The standard InChI is InChI=1S/C15H21N3O/c1-3-6-11(9-16)15-17-10-13(18-15)12-7-4-5-8-14(12)19-2/h4-5,7-8,10-11H,3,6,9,16H2,1-2H3,(H,17,18). The van der Waals surface area contributed by atoms with Crippen molar-refractivity contribution in [1.29, 1.82) is 0 Å². The molecule has 0 aliphatic rings. The van der Waals surface area contributed by atoms with Gasteiger partial charge in [0.15, 0.2) is 0 Å². The second-order valence-corrected chi connectivity index (χ2v) is 4.60. The normalized spacial score (nSPS) is 12.4. The van der Waals surface area contributed by atoms with Crippen LogP contribution in [0.2, 0.25) is 0 Å². The fraction of sp³-hybridized carbons (Fsp3) is 0.400. The largest absolute Gasteiger partial charge is 0.496 e. The predicted molar refractivity (Wildman–Crippen MR) is 77.3 cm³/mol. The summed E-state index contributed by atoms with van der Waals surface area (Å²) in [5.41, 5.74) is 7.81. The molecule has 4 heteroatoms. The van der Waals surface area contributed by atoms with Crippen LogP contribution in [0.3, 0.4) is 0 Å². The summed E-state index contributed by atoms with van der Waals surface area (Å²) in [6.07, 6.45) is 4.01. The Morgan fingerprint density at radius 3 is 2.84 bits per heavy atom. The molecule has 1 atom stereocenters. The Labute approximate surface area is 114 Å². The van der Waals surface area contributed by atoms with Gasteiger partial charge < -0.3 is 15.5 Å². The summed E-state index contributed by atoms with van der Waals surface area (Å²) >= 11 is 0. The van der Waals surface area contributed by atoms with E-state index in [-0.39, 0.29) is 0 Å². The summed E-state index contributed by atoms with van der Waals surface area (Å²) in [5, 5.41) is 0. The van der Waals surface area contributed by atoms with Gasteiger partial charge in [-0.15, -0.1) is 0 Å². The third kappa shape index (κ3) is 2.96. The summed E-state index contributed by atoms with van der Waals surface area (Å²) in [6.45, 7) is 2.78. The average Bonchev–Trinajstić information content (AvgIpc) is 2.94. The summed E-state index contributed by atoms with van der Waals surface area (Å²) in [7, 11) is 1.68. The van der Waals surface area contributed by atoms with Crippen LogP contribution in [-0.2, 0) is 0 Å². The van der Waals surface area contributed by atoms with Gasteiger partial charge in [-0.2, -0.15) is 0 Å². The molecule has 19 heavy (non-hydrogen) atoms. The van der Waals surface area contributed by atoms with Crippen LogP contribution >= 0.6 is 0 Å². The average molecular weight is 259 g/mol. The number of para-hydroxylation sites is 1. The van der Waals surface area contributed by atoms with Crippen LogP contribution < -0.4 is 10.5 Å². The first kappa shape index (κ1) is 13.6. The van der Waals surface area contributed by atoms with Crippen LogP contribution in [0, 0.1) is 0 Å². The minimum Gasteiger partial charge on any atom is -0.496 e. The minimum atomic E-state index is 0.299. The Bertz CT molecular complexity index is 522. The number of aromatic amines is 1. The predicted octanol–water partition coefficient (Wildman–Crippen LogP) is 2.93. The maximum atomic E-state index is 5.81. The Balaban J connectivity index is 2.30. The Morgan fingerprint density at radius 2 is 2.16 bits per heavy atom. The summed E-state index contributed by atoms with van der Waals surface area (Å²) < 4.78 is 5.37. The summed E-state index contributed by atoms with van der Waals surface area (Å²) in [4.78, 5) is 7.84. The third-order valence-corrected chi connectivity index (χ3v) is 3.30. The number of nitrogens with one attached hydrogen (secondary N) is 1. The van der Waals surface area contributed by atoms with Gasteiger partial charge in [0, 0.05) is 18.0 Å². The third-order valence-electron chi connectivity index (χ3n) is 3.30. The first-order valence-electron chi connectivity index (χ1n) is 6.68. The zero-order valence-corrected chi connectivity index (χ0v) is 11.5. The lowest BCUT2D eigenvalue weighted by atomic mass is 10.0. The van der Waals surface area contributed by atoms with Gasteiger partial charge in [0.2, 0.25) is 0 Å². The SMILES string of the molecule is CCCC(CN)c1ncc(-c2ccccc2OC)[nH]1. The van der Waals surface area contributed by atoms with E-state index in [9.17, 15) is 0 Å². The number of aromatic nitrogens is 2. The molecule has 102 valence electrons. The number of methoxy groups -OCH3 is 1. The van der Waals surface area contributed by atoms with Gasteiger partial charge in [0.25, 0.3) is 0 Å². The molecule has 0 fully saturated rings. The van der Waals surface area contributed by atoms with Crippen LogP contribution in [0.1, 0.15) is 31.5 Å². The van der Waals surface area contributed by atoms with E-state index in [0.717, 1.165) is 35.7 Å². The van der Waals surface area contributed by atoms with Crippen molar-refractivity contribution in [1.82, 2.24) is 9.97 Å². The fourth-order valence-corrected chi connectivity index (χ4v) is 2.26. The molecular formula is C15H21N3O. The number of ether oxygens (including phenoxy) is 1. The highest BCUT2D eigenvalue weighted by Crippen LogP contribution is 2.29. The van der Waals surface area contributed by atoms with Gasteiger partial charge in [0.05, 0.1) is 19.0 Å². The molecule has 0 aliphatic heterocycles. The number of hydrogen-bond donors (Lipinski definition) is 2. The van der Waals surface area contributed by atoms with Crippen molar-refractivity contribution in [2.24, 2.45) is 5.73 Å². The molecule has 4 nitrogen and oxygen atoms in total. The molecule has 1 aromatic heterocycles. The van der Waals surface area contributed by atoms with E-state index in [4.69, 9.17) is 10.5 Å². The Kier molecular flexibility index (Phi) is 4.58. The van der Waals surface area contributed by atoms with E-state index in [1.54, 1.807) is 7.11 Å². The number of imidazole rings is 1. The number of hydrogen-bond acceptors (Lipinski definition) is 3. The van der Waals surface area contributed by atoms with Gasteiger partial charge >= 0.3 is 0 Å². The van der Waals surface area contributed by atoms with Crippen molar-refractivity contribution in [3.63, 3.8) is 0 Å². The second-order valence-electron chi connectivity index (χ2n) is 4.60. The van der Waals surface area contributed by atoms with E-state index in [0.29, 0.717) is 12.5 Å². The van der Waals surface area contributed by atoms with Gasteiger partial charge in [0.1, 0.15) is 11.6 Å². The molecule has 0 amide bonds. The molecule has 0 spiro atoms. The Morgan fingerprint density at radius 1 is 1.37 bits per heavy atom. The molecule has 0 saturated carbocycles. The quantitative estimate of drug-likeness (QED) is 0.838. The molecule has 2 rings (SSSR count). The number of benzene rings is 1. The molecule has 1 heterocycles. The van der Waals surface area contributed by atoms with Crippen molar-refractivity contribution in [2.45, 2.75) is 25.7 Å². The van der Waals surface area contributed by atoms with Crippen molar-refractivity contribution in [3.05, 3.63) is 36.3 Å². The highest BCUT2D eigenvalue weighted by Gasteiger charge is 2.14. The van der Waals surface area contributed by atoms with E-state index in [1.807, 2.05) is 30.5 Å². The van der Waals surface area contributed by atoms with Gasteiger partial charge in [-0.1, -0.05) is 25.5 Å². The van der Waals surface area contributed by atoms with E-state index in [1.165, 1.54) is 0 Å². The van der Waals surface area contributed by atoms with Crippen molar-refractivity contribution in [2.75, 3.05) is 13.7 Å². The van der Waals surface area contributed by atoms with Crippen LogP contribution in [0.5, 0.6) is 5.75 Å². The maximum Gasteiger partial charge on any atom is 0.128 e. The first-order valence-corrected chi connectivity index (χ1v) is 6.68. The highest BCUT2D eigenvalue weighted by molar-refractivity contribution is 5.66. The lowest BCUT2D eigenvalue weighted by molar-refractivity contribution is 0.416. The molecule has 2 aromatic rings. The Hall–Kier alpha value is -1.81. The number of nitrogens with two attached hydrogens (primary N) is 1. The number of nitrogens with zero attached hydrogens (tertiary/aromatic N) is 1. The second kappa shape index (κ2) is 6.38. The first-order chi connectivity index (χ1) is 9.30.